The number of hydrogen-bond acceptors (Lipinski definition) is 4. The van der Waals surface area contributed by atoms with Gasteiger partial charge in [-0.25, -0.2) is 0 Å². The Morgan fingerprint density at radius 3 is 2.91 bits per heavy atom. The van der Waals surface area contributed by atoms with Crippen LogP contribution < -0.4 is 5.56 Å². The molecule has 0 bridgehead atoms. The van der Waals surface area contributed by atoms with E-state index >= 15 is 0 Å². The summed E-state index contributed by atoms with van der Waals surface area (Å²) in [5.74, 6) is -0.459. The van der Waals surface area contributed by atoms with Crippen LogP contribution in [0.25, 0.3) is 16.7 Å². The van der Waals surface area contributed by atoms with Gasteiger partial charge in [0.1, 0.15) is 11.7 Å². The molecule has 0 fully saturated rings. The van der Waals surface area contributed by atoms with Crippen molar-refractivity contribution in [2.45, 2.75) is 13.3 Å². The molecule has 0 aliphatic carbocycles. The van der Waals surface area contributed by atoms with Crippen molar-refractivity contribution >= 4 is 22.6 Å². The molecule has 110 valence electrons. The lowest BCUT2D eigenvalue weighted by Gasteiger charge is -2.05. The van der Waals surface area contributed by atoms with E-state index in [2.05, 4.69) is 11.1 Å². The standard InChI is InChI=1S/C16H13N3O3/c1-2-22-15(21)8-10-7-14(20)19-13-6-4-3-5-12(13)18-16(19)11(10)9-17/h3-7,18H,2,8H2,1H3. The first-order valence-electron chi connectivity index (χ1n) is 6.86. The Labute approximate surface area is 125 Å². The Morgan fingerprint density at radius 1 is 1.41 bits per heavy atom. The highest BCUT2D eigenvalue weighted by molar-refractivity contribution is 5.83. The first-order chi connectivity index (χ1) is 10.7. The highest BCUT2D eigenvalue weighted by atomic mass is 16.5. The number of aromatic nitrogens is 2. The zero-order chi connectivity index (χ0) is 15.7. The van der Waals surface area contributed by atoms with Gasteiger partial charge in [-0.05, 0) is 24.6 Å². The lowest BCUT2D eigenvalue weighted by Crippen LogP contribution is -2.17. The molecule has 0 saturated heterocycles. The molecule has 0 unspecified atom stereocenters. The Balaban J connectivity index is 2.28. The van der Waals surface area contributed by atoms with Gasteiger partial charge in [-0.1, -0.05) is 12.1 Å². The Hall–Kier alpha value is -3.07. The zero-order valence-electron chi connectivity index (χ0n) is 11.9. The first-order valence-corrected chi connectivity index (χ1v) is 6.86. The molecule has 0 radical (unpaired) electrons. The Bertz CT molecular complexity index is 976. The smallest absolute Gasteiger partial charge is 0.310 e. The summed E-state index contributed by atoms with van der Waals surface area (Å²) in [7, 11) is 0. The number of H-pyrrole nitrogens is 1. The van der Waals surface area contributed by atoms with Crippen molar-refractivity contribution in [1.29, 1.82) is 5.26 Å². The number of hydrogen-bond donors (Lipinski definition) is 1. The molecule has 1 aromatic carbocycles. The molecule has 2 heterocycles. The maximum absolute atomic E-state index is 12.4. The van der Waals surface area contributed by atoms with Crippen LogP contribution in [0.3, 0.4) is 0 Å². The van der Waals surface area contributed by atoms with Crippen molar-refractivity contribution in [3.8, 4) is 6.07 Å². The van der Waals surface area contributed by atoms with Gasteiger partial charge in [-0.2, -0.15) is 5.26 Å². The summed E-state index contributed by atoms with van der Waals surface area (Å²) in [6.45, 7) is 1.97. The normalized spacial score (nSPS) is 10.7. The molecule has 0 saturated carbocycles. The van der Waals surface area contributed by atoms with E-state index in [4.69, 9.17) is 4.74 Å². The molecule has 6 nitrogen and oxygen atoms in total. The van der Waals surface area contributed by atoms with Gasteiger partial charge in [0.2, 0.25) is 0 Å². The molecule has 3 rings (SSSR count). The molecule has 0 atom stereocenters. The molecule has 1 N–H and O–H groups in total. The average molecular weight is 295 g/mol. The summed E-state index contributed by atoms with van der Waals surface area (Å²) in [5.41, 5.74) is 2.22. The predicted octanol–water partition coefficient (Wildman–Crippen LogP) is 1.76. The van der Waals surface area contributed by atoms with Gasteiger partial charge in [0, 0.05) is 6.07 Å². The topological polar surface area (TPSA) is 87.4 Å². The van der Waals surface area contributed by atoms with E-state index in [1.165, 1.54) is 10.5 Å². The van der Waals surface area contributed by atoms with Gasteiger partial charge in [-0.15, -0.1) is 0 Å². The van der Waals surface area contributed by atoms with Crippen molar-refractivity contribution in [2.24, 2.45) is 0 Å². The minimum atomic E-state index is -0.459. The third-order valence-electron chi connectivity index (χ3n) is 3.45. The maximum Gasteiger partial charge on any atom is 0.310 e. The van der Waals surface area contributed by atoms with Crippen molar-refractivity contribution in [1.82, 2.24) is 9.38 Å². The summed E-state index contributed by atoms with van der Waals surface area (Å²) >= 11 is 0. The maximum atomic E-state index is 12.4. The fourth-order valence-corrected chi connectivity index (χ4v) is 2.55. The van der Waals surface area contributed by atoms with E-state index in [1.54, 1.807) is 13.0 Å². The van der Waals surface area contributed by atoms with E-state index in [0.717, 1.165) is 5.52 Å². The van der Waals surface area contributed by atoms with Crippen LogP contribution in [-0.2, 0) is 16.0 Å². The lowest BCUT2D eigenvalue weighted by molar-refractivity contribution is -0.142. The third kappa shape index (κ3) is 2.13. The highest BCUT2D eigenvalue weighted by Gasteiger charge is 2.17. The largest absolute Gasteiger partial charge is 0.466 e. The number of carbonyl (C=O) groups is 1. The van der Waals surface area contributed by atoms with Crippen LogP contribution in [0.2, 0.25) is 0 Å². The summed E-state index contributed by atoms with van der Waals surface area (Å²) in [6.07, 6.45) is -0.0994. The van der Waals surface area contributed by atoms with Gasteiger partial charge >= 0.3 is 5.97 Å². The lowest BCUT2D eigenvalue weighted by atomic mass is 10.1. The van der Waals surface area contributed by atoms with Crippen LogP contribution in [0.15, 0.2) is 35.1 Å². The van der Waals surface area contributed by atoms with Crippen molar-refractivity contribution in [3.63, 3.8) is 0 Å². The van der Waals surface area contributed by atoms with Crippen LogP contribution in [0.1, 0.15) is 18.1 Å². The number of fused-ring (bicyclic) bond motifs is 3. The van der Waals surface area contributed by atoms with Crippen LogP contribution in [-0.4, -0.2) is 22.0 Å². The van der Waals surface area contributed by atoms with Gasteiger partial charge in [0.15, 0.2) is 0 Å². The molecule has 6 heteroatoms. The minimum Gasteiger partial charge on any atom is -0.466 e. The molecule has 0 aliphatic rings. The molecule has 22 heavy (non-hydrogen) atoms. The zero-order valence-corrected chi connectivity index (χ0v) is 11.9. The first kappa shape index (κ1) is 13.9. The molecular formula is C16H13N3O3. The molecular weight excluding hydrogens is 282 g/mol. The molecule has 0 aliphatic heterocycles. The van der Waals surface area contributed by atoms with Gasteiger partial charge < -0.3 is 9.72 Å². The van der Waals surface area contributed by atoms with E-state index in [1.807, 2.05) is 18.2 Å². The number of benzene rings is 1. The summed E-state index contributed by atoms with van der Waals surface area (Å²) in [5, 5.41) is 9.44. The number of rotatable bonds is 3. The van der Waals surface area contributed by atoms with Gasteiger partial charge in [-0.3, -0.25) is 14.0 Å². The fraction of sp³-hybridized carbons (Fsp3) is 0.188. The number of carbonyl (C=O) groups excluding carboxylic acids is 1. The minimum absolute atomic E-state index is 0.0994. The van der Waals surface area contributed by atoms with Crippen LogP contribution in [0, 0.1) is 11.3 Å². The van der Waals surface area contributed by atoms with Gasteiger partial charge in [0.05, 0.1) is 29.6 Å². The second-order valence-corrected chi connectivity index (χ2v) is 4.80. The number of imidazole rings is 1. The predicted molar refractivity (Wildman–Crippen MR) is 80.6 cm³/mol. The number of aromatic amines is 1. The number of pyridine rings is 1. The Kier molecular flexibility index (Phi) is 3.39. The number of nitrogens with one attached hydrogen (secondary N) is 1. The van der Waals surface area contributed by atoms with Gasteiger partial charge in [0.25, 0.3) is 5.56 Å². The quantitative estimate of drug-likeness (QED) is 0.746. The summed E-state index contributed by atoms with van der Waals surface area (Å²) in [6, 6.07) is 10.7. The van der Waals surface area contributed by atoms with Crippen LogP contribution >= 0.6 is 0 Å². The van der Waals surface area contributed by atoms with E-state index in [0.29, 0.717) is 16.7 Å². The molecule has 2 aromatic heterocycles. The number of nitrogens with zero attached hydrogens (tertiary/aromatic N) is 2. The highest BCUT2D eigenvalue weighted by Crippen LogP contribution is 2.19. The number of para-hydroxylation sites is 2. The number of esters is 1. The molecule has 0 spiro atoms. The summed E-state index contributed by atoms with van der Waals surface area (Å²) < 4.78 is 6.34. The van der Waals surface area contributed by atoms with Crippen molar-refractivity contribution in [2.75, 3.05) is 6.61 Å². The SMILES string of the molecule is CCOC(=O)Cc1cc(=O)n2c([nH]c3ccccc32)c1C#N. The van der Waals surface area contributed by atoms with E-state index in [-0.39, 0.29) is 24.2 Å². The molecule has 0 amide bonds. The van der Waals surface area contributed by atoms with Crippen molar-refractivity contribution < 1.29 is 9.53 Å². The van der Waals surface area contributed by atoms with Crippen molar-refractivity contribution in [3.05, 3.63) is 51.8 Å². The summed E-state index contributed by atoms with van der Waals surface area (Å²) in [4.78, 5) is 27.1. The Morgan fingerprint density at radius 2 is 2.18 bits per heavy atom. The van der Waals surface area contributed by atoms with E-state index in [9.17, 15) is 14.9 Å². The van der Waals surface area contributed by atoms with Crippen LogP contribution in [0.4, 0.5) is 0 Å². The average Bonchev–Trinajstić information content (AvgIpc) is 2.87. The molecule has 3 aromatic rings. The monoisotopic (exact) mass is 295 g/mol. The van der Waals surface area contributed by atoms with Crippen LogP contribution in [0.5, 0.6) is 0 Å². The number of ether oxygens (including phenoxy) is 1. The third-order valence-corrected chi connectivity index (χ3v) is 3.45. The second kappa shape index (κ2) is 5.37. The fourth-order valence-electron chi connectivity index (χ4n) is 2.55. The number of nitriles is 1. The van der Waals surface area contributed by atoms with E-state index < -0.39 is 5.97 Å². The second-order valence-electron chi connectivity index (χ2n) is 4.80.